The fraction of sp³-hybridized carbons (Fsp3) is 0.444. The predicted molar refractivity (Wildman–Crippen MR) is 44.7 cm³/mol. The van der Waals surface area contributed by atoms with Crippen molar-refractivity contribution in [1.29, 1.82) is 0 Å². The van der Waals surface area contributed by atoms with Crippen molar-refractivity contribution in [3.05, 3.63) is 29.6 Å². The first-order valence-corrected chi connectivity index (χ1v) is 4.09. The first-order valence-electron chi connectivity index (χ1n) is 4.09. The molecule has 0 aliphatic carbocycles. The molecule has 14 heavy (non-hydrogen) atoms. The highest BCUT2D eigenvalue weighted by atomic mass is 19.4. The second-order valence-electron chi connectivity index (χ2n) is 3.02. The van der Waals surface area contributed by atoms with Gasteiger partial charge in [-0.15, -0.1) is 0 Å². The van der Waals surface area contributed by atoms with Gasteiger partial charge in [-0.05, 0) is 12.1 Å². The standard InChI is InChI=1S/C9H10F3NO/c1-6(5-14)8-7(9(10,11)12)3-2-4-13-8/h2-4,6,14H,5H2,1H3/t6-/m1/s1. The Balaban J connectivity index is 3.16. The van der Waals surface area contributed by atoms with E-state index >= 15 is 0 Å². The lowest BCUT2D eigenvalue weighted by Crippen LogP contribution is -2.14. The maximum absolute atomic E-state index is 12.4. The van der Waals surface area contributed by atoms with Crippen molar-refractivity contribution in [3.63, 3.8) is 0 Å². The number of alkyl halides is 3. The number of aliphatic hydroxyl groups is 1. The van der Waals surface area contributed by atoms with Crippen molar-refractivity contribution in [1.82, 2.24) is 4.98 Å². The Hall–Kier alpha value is -1.10. The zero-order chi connectivity index (χ0) is 10.8. The van der Waals surface area contributed by atoms with E-state index in [1.165, 1.54) is 19.2 Å². The summed E-state index contributed by atoms with van der Waals surface area (Å²) in [6.07, 6.45) is -3.12. The molecule has 0 aromatic carbocycles. The molecule has 0 radical (unpaired) electrons. The SMILES string of the molecule is C[C@H](CO)c1ncccc1C(F)(F)F. The lowest BCUT2D eigenvalue weighted by molar-refractivity contribution is -0.138. The molecule has 0 saturated carbocycles. The molecule has 1 atom stereocenters. The Morgan fingerprint density at radius 2 is 2.14 bits per heavy atom. The molecule has 0 bridgehead atoms. The summed E-state index contributed by atoms with van der Waals surface area (Å²) >= 11 is 0. The van der Waals surface area contributed by atoms with Gasteiger partial charge in [0.1, 0.15) is 0 Å². The first-order chi connectivity index (χ1) is 6.46. The van der Waals surface area contributed by atoms with E-state index in [1.807, 2.05) is 0 Å². The van der Waals surface area contributed by atoms with Crippen molar-refractivity contribution in [2.45, 2.75) is 19.0 Å². The molecule has 0 fully saturated rings. The van der Waals surface area contributed by atoms with Gasteiger partial charge >= 0.3 is 6.18 Å². The van der Waals surface area contributed by atoms with Gasteiger partial charge < -0.3 is 5.11 Å². The molecule has 0 spiro atoms. The molecular weight excluding hydrogens is 195 g/mol. The van der Waals surface area contributed by atoms with Crippen LogP contribution in [0.2, 0.25) is 0 Å². The van der Waals surface area contributed by atoms with Gasteiger partial charge in [0.2, 0.25) is 0 Å². The van der Waals surface area contributed by atoms with Crippen molar-refractivity contribution < 1.29 is 18.3 Å². The highest BCUT2D eigenvalue weighted by Crippen LogP contribution is 2.33. The van der Waals surface area contributed by atoms with Crippen LogP contribution in [0.5, 0.6) is 0 Å². The van der Waals surface area contributed by atoms with Crippen LogP contribution >= 0.6 is 0 Å². The lowest BCUT2D eigenvalue weighted by Gasteiger charge is -2.14. The molecule has 1 rings (SSSR count). The van der Waals surface area contributed by atoms with Gasteiger partial charge in [-0.3, -0.25) is 4.98 Å². The molecule has 1 aromatic heterocycles. The van der Waals surface area contributed by atoms with Crippen LogP contribution in [0.3, 0.4) is 0 Å². The van der Waals surface area contributed by atoms with Gasteiger partial charge in [0.05, 0.1) is 17.9 Å². The zero-order valence-electron chi connectivity index (χ0n) is 7.54. The van der Waals surface area contributed by atoms with Gasteiger partial charge in [0.15, 0.2) is 0 Å². The number of aliphatic hydroxyl groups excluding tert-OH is 1. The number of pyridine rings is 1. The number of hydrogen-bond acceptors (Lipinski definition) is 2. The monoisotopic (exact) mass is 205 g/mol. The third-order valence-corrected chi connectivity index (χ3v) is 1.88. The Kier molecular flexibility index (Phi) is 3.10. The largest absolute Gasteiger partial charge is 0.418 e. The summed E-state index contributed by atoms with van der Waals surface area (Å²) in [6.45, 7) is 1.15. The summed E-state index contributed by atoms with van der Waals surface area (Å²) in [7, 11) is 0. The number of nitrogens with zero attached hydrogens (tertiary/aromatic N) is 1. The summed E-state index contributed by atoms with van der Waals surface area (Å²) in [5.74, 6) is -0.604. The van der Waals surface area contributed by atoms with Gasteiger partial charge in [0.25, 0.3) is 0 Å². The smallest absolute Gasteiger partial charge is 0.396 e. The van der Waals surface area contributed by atoms with Crippen molar-refractivity contribution in [2.75, 3.05) is 6.61 Å². The molecule has 0 saturated heterocycles. The minimum absolute atomic E-state index is 0.109. The first kappa shape index (κ1) is 11.0. The molecular formula is C9H10F3NO. The molecule has 5 heteroatoms. The highest BCUT2D eigenvalue weighted by Gasteiger charge is 2.34. The van der Waals surface area contributed by atoms with Crippen molar-refractivity contribution in [3.8, 4) is 0 Å². The zero-order valence-corrected chi connectivity index (χ0v) is 7.54. The summed E-state index contributed by atoms with van der Waals surface area (Å²) in [6, 6.07) is 2.20. The maximum atomic E-state index is 12.4. The van der Waals surface area contributed by atoms with Crippen LogP contribution in [0, 0.1) is 0 Å². The summed E-state index contributed by atoms with van der Waals surface area (Å²) in [4.78, 5) is 3.64. The van der Waals surface area contributed by atoms with E-state index in [9.17, 15) is 13.2 Å². The molecule has 1 N–H and O–H groups in total. The molecule has 0 unspecified atom stereocenters. The molecule has 1 heterocycles. The van der Waals surface area contributed by atoms with E-state index < -0.39 is 17.7 Å². The highest BCUT2D eigenvalue weighted by molar-refractivity contribution is 5.25. The van der Waals surface area contributed by atoms with Crippen LogP contribution in [0.1, 0.15) is 24.1 Å². The van der Waals surface area contributed by atoms with Crippen molar-refractivity contribution >= 4 is 0 Å². The van der Waals surface area contributed by atoms with Crippen LogP contribution < -0.4 is 0 Å². The number of halogens is 3. The van der Waals surface area contributed by atoms with Crippen LogP contribution in [-0.4, -0.2) is 16.7 Å². The Bertz CT molecular complexity index is 311. The average molecular weight is 205 g/mol. The molecule has 2 nitrogen and oxygen atoms in total. The lowest BCUT2D eigenvalue weighted by atomic mass is 10.0. The van der Waals surface area contributed by atoms with E-state index in [2.05, 4.69) is 4.98 Å². The predicted octanol–water partition coefficient (Wildman–Crippen LogP) is 2.20. The minimum Gasteiger partial charge on any atom is -0.396 e. The van der Waals surface area contributed by atoms with Crippen LogP contribution in [-0.2, 0) is 6.18 Å². The van der Waals surface area contributed by atoms with Gasteiger partial charge in [-0.1, -0.05) is 6.92 Å². The van der Waals surface area contributed by atoms with Crippen LogP contribution in [0.4, 0.5) is 13.2 Å². The Morgan fingerprint density at radius 1 is 1.50 bits per heavy atom. The van der Waals surface area contributed by atoms with Gasteiger partial charge in [0, 0.05) is 12.1 Å². The average Bonchev–Trinajstić information content (AvgIpc) is 2.15. The normalized spacial score (nSPS) is 14.1. The Labute approximate surface area is 79.4 Å². The molecule has 78 valence electrons. The molecule has 0 aliphatic heterocycles. The second kappa shape index (κ2) is 3.96. The second-order valence-corrected chi connectivity index (χ2v) is 3.02. The number of hydrogen-bond donors (Lipinski definition) is 1. The summed E-state index contributed by atoms with van der Waals surface area (Å²) < 4.78 is 37.3. The minimum atomic E-state index is -4.41. The fourth-order valence-electron chi connectivity index (χ4n) is 1.14. The summed E-state index contributed by atoms with van der Waals surface area (Å²) in [5.41, 5.74) is -0.885. The topological polar surface area (TPSA) is 33.1 Å². The van der Waals surface area contributed by atoms with E-state index in [-0.39, 0.29) is 12.3 Å². The number of aromatic nitrogens is 1. The van der Waals surface area contributed by atoms with Crippen molar-refractivity contribution in [2.24, 2.45) is 0 Å². The third kappa shape index (κ3) is 2.23. The van der Waals surface area contributed by atoms with Crippen LogP contribution in [0.25, 0.3) is 0 Å². The molecule has 0 amide bonds. The van der Waals surface area contributed by atoms with E-state index in [4.69, 9.17) is 5.11 Å². The number of rotatable bonds is 2. The molecule has 0 aliphatic rings. The quantitative estimate of drug-likeness (QED) is 0.802. The summed E-state index contributed by atoms with van der Waals surface area (Å²) in [5, 5.41) is 8.77. The van der Waals surface area contributed by atoms with E-state index in [0.717, 1.165) is 6.07 Å². The molecule has 1 aromatic rings. The van der Waals surface area contributed by atoms with Gasteiger partial charge in [-0.25, -0.2) is 0 Å². The Morgan fingerprint density at radius 3 is 2.64 bits per heavy atom. The van der Waals surface area contributed by atoms with E-state index in [0.29, 0.717) is 0 Å². The maximum Gasteiger partial charge on any atom is 0.418 e. The van der Waals surface area contributed by atoms with Crippen LogP contribution in [0.15, 0.2) is 18.3 Å². The van der Waals surface area contributed by atoms with E-state index in [1.54, 1.807) is 0 Å². The fourth-order valence-corrected chi connectivity index (χ4v) is 1.14. The van der Waals surface area contributed by atoms with Gasteiger partial charge in [-0.2, -0.15) is 13.2 Å². The third-order valence-electron chi connectivity index (χ3n) is 1.88.